The molecule has 47 heavy (non-hydrogen) atoms. The Hall–Kier alpha value is -5.86. The van der Waals surface area contributed by atoms with E-state index in [0.29, 0.717) is 0 Å². The zero-order valence-electron chi connectivity index (χ0n) is 26.4. The van der Waals surface area contributed by atoms with Crippen molar-refractivity contribution in [2.45, 2.75) is 19.3 Å². The van der Waals surface area contributed by atoms with Crippen molar-refractivity contribution in [2.24, 2.45) is 0 Å². The first-order valence-electron chi connectivity index (χ1n) is 16.5. The Kier molecular flexibility index (Phi) is 5.37. The number of rotatable bonds is 3. The van der Waals surface area contributed by atoms with E-state index in [-0.39, 0.29) is 5.41 Å². The molecule has 0 atom stereocenters. The minimum Gasteiger partial charge on any atom is -0.309 e. The zero-order valence-corrected chi connectivity index (χ0v) is 26.4. The van der Waals surface area contributed by atoms with Crippen LogP contribution in [0.25, 0.3) is 77.2 Å². The molecule has 0 spiro atoms. The second-order valence-electron chi connectivity index (χ2n) is 13.4. The molecule has 0 saturated carbocycles. The highest BCUT2D eigenvalue weighted by Crippen LogP contribution is 2.53. The van der Waals surface area contributed by atoms with Crippen LogP contribution in [-0.2, 0) is 5.41 Å². The number of aromatic nitrogens is 2. The molecule has 0 aliphatic heterocycles. The molecule has 9 aromatic rings. The summed E-state index contributed by atoms with van der Waals surface area (Å²) in [6.45, 7) is 4.77. The fraction of sp³-hybridized carbons (Fsp3) is 0.0667. The number of para-hydroxylation sites is 3. The quantitative estimate of drug-likeness (QED) is 0.191. The van der Waals surface area contributed by atoms with Crippen molar-refractivity contribution in [3.63, 3.8) is 0 Å². The minimum atomic E-state index is -0.0993. The van der Waals surface area contributed by atoms with E-state index in [4.69, 9.17) is 0 Å². The molecule has 0 bridgehead atoms. The van der Waals surface area contributed by atoms with Gasteiger partial charge in [0, 0.05) is 38.3 Å². The molecule has 0 amide bonds. The van der Waals surface area contributed by atoms with E-state index in [1.54, 1.807) is 0 Å². The van der Waals surface area contributed by atoms with Gasteiger partial charge in [-0.2, -0.15) is 0 Å². The average Bonchev–Trinajstić information content (AvgIpc) is 3.71. The molecule has 2 heterocycles. The van der Waals surface area contributed by atoms with E-state index in [1.807, 2.05) is 0 Å². The Balaban J connectivity index is 1.24. The van der Waals surface area contributed by atoms with Crippen molar-refractivity contribution in [1.82, 2.24) is 9.13 Å². The first-order chi connectivity index (χ1) is 23.1. The van der Waals surface area contributed by atoms with Crippen LogP contribution in [0.15, 0.2) is 158 Å². The first kappa shape index (κ1) is 26.4. The standard InChI is InChI=1S/C45H32N2/c1-45(2)38-19-11-9-17-33(38)35-24-26-41-43(44(35)45)36-23-21-30(28-42(36)47(41)32-15-7-4-8-16-32)29-22-25-40-37(27-29)34-18-10-12-20-39(34)46(40)31-13-5-3-6-14-31/h3-28H,1-2H3. The number of hydrogen-bond acceptors (Lipinski definition) is 0. The molecule has 2 aromatic heterocycles. The predicted octanol–water partition coefficient (Wildman–Crippen LogP) is 11.9. The van der Waals surface area contributed by atoms with Gasteiger partial charge < -0.3 is 9.13 Å². The molecule has 2 nitrogen and oxygen atoms in total. The monoisotopic (exact) mass is 600 g/mol. The van der Waals surface area contributed by atoms with Crippen molar-refractivity contribution in [1.29, 1.82) is 0 Å². The van der Waals surface area contributed by atoms with Crippen molar-refractivity contribution in [2.75, 3.05) is 0 Å². The van der Waals surface area contributed by atoms with Crippen molar-refractivity contribution in [3.05, 3.63) is 169 Å². The van der Waals surface area contributed by atoms with Gasteiger partial charge in [0.2, 0.25) is 0 Å². The van der Waals surface area contributed by atoms with Gasteiger partial charge in [-0.3, -0.25) is 0 Å². The Bertz CT molecular complexity index is 2690. The van der Waals surface area contributed by atoms with Gasteiger partial charge in [-0.05, 0) is 88.0 Å². The van der Waals surface area contributed by atoms with Crippen LogP contribution >= 0.6 is 0 Å². The van der Waals surface area contributed by atoms with Crippen LogP contribution in [0.1, 0.15) is 25.0 Å². The summed E-state index contributed by atoms with van der Waals surface area (Å²) in [5.41, 5.74) is 15.2. The van der Waals surface area contributed by atoms with Crippen LogP contribution in [-0.4, -0.2) is 9.13 Å². The molecule has 2 heteroatoms. The minimum absolute atomic E-state index is 0.0993. The normalized spacial score (nSPS) is 13.5. The summed E-state index contributed by atoms with van der Waals surface area (Å²) in [4.78, 5) is 0. The topological polar surface area (TPSA) is 9.86 Å². The lowest BCUT2D eigenvalue weighted by Gasteiger charge is -2.22. The molecule has 0 unspecified atom stereocenters. The molecular weight excluding hydrogens is 569 g/mol. The van der Waals surface area contributed by atoms with Gasteiger partial charge in [0.05, 0.1) is 22.1 Å². The second-order valence-corrected chi connectivity index (χ2v) is 13.4. The third-order valence-electron chi connectivity index (χ3n) is 10.5. The lowest BCUT2D eigenvalue weighted by molar-refractivity contribution is 0.666. The van der Waals surface area contributed by atoms with Gasteiger partial charge in [0.1, 0.15) is 0 Å². The van der Waals surface area contributed by atoms with Gasteiger partial charge in [0.15, 0.2) is 0 Å². The van der Waals surface area contributed by atoms with Crippen LogP contribution in [0.2, 0.25) is 0 Å². The molecule has 0 radical (unpaired) electrons. The third-order valence-corrected chi connectivity index (χ3v) is 10.5. The number of nitrogens with zero attached hydrogens (tertiary/aromatic N) is 2. The van der Waals surface area contributed by atoms with Gasteiger partial charge in [-0.25, -0.2) is 0 Å². The number of hydrogen-bond donors (Lipinski definition) is 0. The fourth-order valence-corrected chi connectivity index (χ4v) is 8.42. The molecule has 0 fully saturated rings. The zero-order chi connectivity index (χ0) is 31.3. The van der Waals surface area contributed by atoms with Crippen LogP contribution in [0.5, 0.6) is 0 Å². The summed E-state index contributed by atoms with van der Waals surface area (Å²) in [5, 5.41) is 5.19. The van der Waals surface area contributed by atoms with Crippen LogP contribution in [0.3, 0.4) is 0 Å². The van der Waals surface area contributed by atoms with Crippen LogP contribution in [0, 0.1) is 0 Å². The molecule has 1 aliphatic rings. The molecular formula is C45H32N2. The number of fused-ring (bicyclic) bond motifs is 10. The highest BCUT2D eigenvalue weighted by molar-refractivity contribution is 6.15. The molecule has 1 aliphatic carbocycles. The van der Waals surface area contributed by atoms with Gasteiger partial charge in [-0.1, -0.05) is 117 Å². The van der Waals surface area contributed by atoms with E-state index >= 15 is 0 Å². The smallest absolute Gasteiger partial charge is 0.0547 e. The molecule has 7 aromatic carbocycles. The summed E-state index contributed by atoms with van der Waals surface area (Å²) in [5.74, 6) is 0. The van der Waals surface area contributed by atoms with Gasteiger partial charge in [-0.15, -0.1) is 0 Å². The second kappa shape index (κ2) is 9.57. The first-order valence-corrected chi connectivity index (χ1v) is 16.5. The molecule has 0 saturated heterocycles. The maximum absolute atomic E-state index is 2.47. The summed E-state index contributed by atoms with van der Waals surface area (Å²) >= 11 is 0. The Morgan fingerprint density at radius 1 is 0.404 bits per heavy atom. The molecule has 10 rings (SSSR count). The van der Waals surface area contributed by atoms with E-state index in [0.717, 1.165) is 0 Å². The lowest BCUT2D eigenvalue weighted by atomic mass is 9.80. The SMILES string of the molecule is CC1(C)c2ccccc2-c2ccc3c(c21)c1ccc(-c2ccc4c(c2)c2ccccc2n4-c2ccccc2)cc1n3-c1ccccc1. The lowest BCUT2D eigenvalue weighted by Crippen LogP contribution is -2.15. The molecule has 0 N–H and O–H groups in total. The highest BCUT2D eigenvalue weighted by Gasteiger charge is 2.38. The Labute approximate surface area is 273 Å². The van der Waals surface area contributed by atoms with Crippen molar-refractivity contribution < 1.29 is 0 Å². The van der Waals surface area contributed by atoms with E-state index in [9.17, 15) is 0 Å². The molecule has 222 valence electrons. The Morgan fingerprint density at radius 3 is 1.79 bits per heavy atom. The largest absolute Gasteiger partial charge is 0.309 e. The summed E-state index contributed by atoms with van der Waals surface area (Å²) < 4.78 is 4.85. The average molecular weight is 601 g/mol. The van der Waals surface area contributed by atoms with E-state index in [1.165, 1.54) is 88.4 Å². The summed E-state index contributed by atoms with van der Waals surface area (Å²) in [7, 11) is 0. The maximum atomic E-state index is 2.47. The van der Waals surface area contributed by atoms with Crippen molar-refractivity contribution in [3.8, 4) is 33.6 Å². The van der Waals surface area contributed by atoms with Gasteiger partial charge in [0.25, 0.3) is 0 Å². The highest BCUT2D eigenvalue weighted by atomic mass is 15.0. The van der Waals surface area contributed by atoms with Crippen LogP contribution < -0.4 is 0 Å². The third kappa shape index (κ3) is 3.61. The Morgan fingerprint density at radius 2 is 1.00 bits per heavy atom. The van der Waals surface area contributed by atoms with Gasteiger partial charge >= 0.3 is 0 Å². The maximum Gasteiger partial charge on any atom is 0.0547 e. The fourth-order valence-electron chi connectivity index (χ4n) is 8.42. The predicted molar refractivity (Wildman–Crippen MR) is 198 cm³/mol. The number of benzene rings is 7. The van der Waals surface area contributed by atoms with E-state index < -0.39 is 0 Å². The van der Waals surface area contributed by atoms with Crippen LogP contribution in [0.4, 0.5) is 0 Å². The summed E-state index contributed by atoms with van der Waals surface area (Å²) in [6.07, 6.45) is 0. The summed E-state index contributed by atoms with van der Waals surface area (Å²) in [6, 6.07) is 57.9. The van der Waals surface area contributed by atoms with Crippen molar-refractivity contribution >= 4 is 43.6 Å². The van der Waals surface area contributed by atoms with E-state index in [2.05, 4.69) is 181 Å².